The van der Waals surface area contributed by atoms with Gasteiger partial charge in [0.15, 0.2) is 5.43 Å². The Morgan fingerprint density at radius 1 is 1.31 bits per heavy atom. The number of hydrogen-bond donors (Lipinski definition) is 0. The van der Waals surface area contributed by atoms with E-state index in [2.05, 4.69) is 0 Å². The maximum atomic E-state index is 11.9. The Bertz CT molecular complexity index is 427. The van der Waals surface area contributed by atoms with Crippen LogP contribution in [0.25, 0.3) is 0 Å². The molecule has 0 saturated heterocycles. The maximum absolute atomic E-state index is 11.9. The topological polar surface area (TPSA) is 17.1 Å². The SMILES string of the molecule is Cc1ccccc(C23CC2C3)c1=O. The molecule has 0 atom stereocenters. The van der Waals surface area contributed by atoms with E-state index in [1.807, 2.05) is 31.2 Å². The highest BCUT2D eigenvalue weighted by Crippen LogP contribution is 2.74. The number of fused-ring (bicyclic) bond motifs is 1. The molecule has 0 unspecified atom stereocenters. The summed E-state index contributed by atoms with van der Waals surface area (Å²) < 4.78 is 0. The van der Waals surface area contributed by atoms with E-state index in [4.69, 9.17) is 0 Å². The third kappa shape index (κ3) is 0.846. The molecule has 0 amide bonds. The Labute approximate surface area is 77.4 Å². The minimum Gasteiger partial charge on any atom is -0.289 e. The van der Waals surface area contributed by atoms with Gasteiger partial charge in [0.05, 0.1) is 0 Å². The number of hydrogen-bond acceptors (Lipinski definition) is 1. The zero-order valence-electron chi connectivity index (χ0n) is 7.71. The molecule has 13 heavy (non-hydrogen) atoms. The molecular weight excluding hydrogens is 160 g/mol. The first kappa shape index (κ1) is 7.31. The summed E-state index contributed by atoms with van der Waals surface area (Å²) in [6.45, 7) is 1.90. The predicted molar refractivity (Wildman–Crippen MR) is 51.9 cm³/mol. The highest BCUT2D eigenvalue weighted by Gasteiger charge is 2.70. The Morgan fingerprint density at radius 2 is 1.92 bits per heavy atom. The highest BCUT2D eigenvalue weighted by atomic mass is 16.1. The van der Waals surface area contributed by atoms with E-state index in [1.54, 1.807) is 0 Å². The average Bonchev–Trinajstić information content (AvgIpc) is 2.87. The van der Waals surface area contributed by atoms with Crippen molar-refractivity contribution in [1.82, 2.24) is 0 Å². The van der Waals surface area contributed by atoms with Gasteiger partial charge in [-0.2, -0.15) is 0 Å². The monoisotopic (exact) mass is 172 g/mol. The van der Waals surface area contributed by atoms with E-state index < -0.39 is 0 Å². The lowest BCUT2D eigenvalue weighted by Crippen LogP contribution is -2.12. The van der Waals surface area contributed by atoms with Gasteiger partial charge in [0.1, 0.15) is 0 Å². The average molecular weight is 172 g/mol. The lowest BCUT2D eigenvalue weighted by Gasteiger charge is -1.98. The molecule has 1 aromatic carbocycles. The largest absolute Gasteiger partial charge is 0.289 e. The number of rotatable bonds is 1. The Kier molecular flexibility index (Phi) is 1.14. The van der Waals surface area contributed by atoms with Crippen molar-refractivity contribution in [2.75, 3.05) is 0 Å². The molecule has 0 bridgehead atoms. The fourth-order valence-corrected chi connectivity index (χ4v) is 2.25. The van der Waals surface area contributed by atoms with Crippen molar-refractivity contribution in [3.05, 3.63) is 45.6 Å². The molecule has 1 nitrogen and oxygen atoms in total. The van der Waals surface area contributed by atoms with Crippen LogP contribution >= 0.6 is 0 Å². The zero-order chi connectivity index (χ0) is 9.05. The summed E-state index contributed by atoms with van der Waals surface area (Å²) in [7, 11) is 0. The summed E-state index contributed by atoms with van der Waals surface area (Å²) in [6, 6.07) is 7.87. The third-order valence-electron chi connectivity index (χ3n) is 3.54. The fraction of sp³-hybridized carbons (Fsp3) is 0.417. The molecule has 0 heterocycles. The maximum Gasteiger partial charge on any atom is 0.185 e. The molecule has 2 fully saturated rings. The molecule has 1 aromatic rings. The Hall–Kier alpha value is -1.11. The van der Waals surface area contributed by atoms with Gasteiger partial charge >= 0.3 is 0 Å². The van der Waals surface area contributed by atoms with Gasteiger partial charge in [0.2, 0.25) is 0 Å². The summed E-state index contributed by atoms with van der Waals surface area (Å²) in [5.74, 6) is 0.849. The first-order valence-corrected chi connectivity index (χ1v) is 4.84. The lowest BCUT2D eigenvalue weighted by atomic mass is 10.0. The minimum absolute atomic E-state index is 0.269. The second kappa shape index (κ2) is 2.03. The molecule has 0 N–H and O–H groups in total. The molecule has 0 aliphatic heterocycles. The second-order valence-electron chi connectivity index (χ2n) is 4.41. The smallest absolute Gasteiger partial charge is 0.185 e. The van der Waals surface area contributed by atoms with Crippen LogP contribution in [0.4, 0.5) is 0 Å². The highest BCUT2D eigenvalue weighted by molar-refractivity contribution is 5.44. The molecule has 0 spiro atoms. The van der Waals surface area contributed by atoms with Crippen molar-refractivity contribution in [3.8, 4) is 0 Å². The van der Waals surface area contributed by atoms with Crippen molar-refractivity contribution in [1.29, 1.82) is 0 Å². The van der Waals surface area contributed by atoms with Gasteiger partial charge < -0.3 is 0 Å². The van der Waals surface area contributed by atoms with Gasteiger partial charge in [-0.1, -0.05) is 24.3 Å². The van der Waals surface area contributed by atoms with Crippen LogP contribution in [0.3, 0.4) is 0 Å². The van der Waals surface area contributed by atoms with Crippen LogP contribution in [-0.4, -0.2) is 0 Å². The van der Waals surface area contributed by atoms with E-state index >= 15 is 0 Å². The van der Waals surface area contributed by atoms with Gasteiger partial charge in [-0.3, -0.25) is 4.79 Å². The fourth-order valence-electron chi connectivity index (χ4n) is 2.25. The van der Waals surface area contributed by atoms with Gasteiger partial charge in [0, 0.05) is 11.0 Å². The normalized spacial score (nSPS) is 33.8. The van der Waals surface area contributed by atoms with E-state index in [1.165, 1.54) is 12.8 Å². The van der Waals surface area contributed by atoms with Crippen LogP contribution in [0.5, 0.6) is 0 Å². The van der Waals surface area contributed by atoms with Gasteiger partial charge in [-0.15, -0.1) is 0 Å². The van der Waals surface area contributed by atoms with Crippen molar-refractivity contribution in [2.45, 2.75) is 25.2 Å². The third-order valence-corrected chi connectivity index (χ3v) is 3.54. The molecule has 2 aliphatic carbocycles. The van der Waals surface area contributed by atoms with E-state index in [0.717, 1.165) is 17.0 Å². The van der Waals surface area contributed by atoms with Crippen LogP contribution in [0.1, 0.15) is 24.0 Å². The molecule has 66 valence electrons. The van der Waals surface area contributed by atoms with Gasteiger partial charge in [0.25, 0.3) is 0 Å². The van der Waals surface area contributed by atoms with Crippen LogP contribution in [-0.2, 0) is 5.41 Å². The second-order valence-corrected chi connectivity index (χ2v) is 4.41. The molecule has 2 saturated carbocycles. The minimum atomic E-state index is 0.269. The van der Waals surface area contributed by atoms with Crippen LogP contribution in [0.2, 0.25) is 0 Å². The van der Waals surface area contributed by atoms with Crippen molar-refractivity contribution in [3.63, 3.8) is 0 Å². The van der Waals surface area contributed by atoms with Crippen LogP contribution < -0.4 is 5.43 Å². The molecular formula is C12H12O. The summed E-state index contributed by atoms with van der Waals surface area (Å²) in [5.41, 5.74) is 2.57. The predicted octanol–water partition coefficient (Wildman–Crippen LogP) is 2.02. The summed E-state index contributed by atoms with van der Waals surface area (Å²) in [6.07, 6.45) is 2.51. The van der Waals surface area contributed by atoms with Gasteiger partial charge in [-0.05, 0) is 31.2 Å². The zero-order valence-corrected chi connectivity index (χ0v) is 7.71. The van der Waals surface area contributed by atoms with Crippen molar-refractivity contribution in [2.24, 2.45) is 5.92 Å². The molecule has 1 heteroatoms. The van der Waals surface area contributed by atoms with Crippen LogP contribution in [0.15, 0.2) is 29.1 Å². The van der Waals surface area contributed by atoms with Crippen LogP contribution in [0, 0.1) is 12.8 Å². The standard InChI is InChI=1S/C12H12O/c1-8-4-2-3-5-10(11(8)13)12-6-9(12)7-12/h2-5,9H,6-7H2,1H3. The molecule has 2 aliphatic rings. The number of aryl methyl sites for hydroxylation is 1. The quantitative estimate of drug-likeness (QED) is 0.633. The molecule has 3 rings (SSSR count). The molecule has 0 radical (unpaired) electrons. The molecule has 0 aromatic heterocycles. The van der Waals surface area contributed by atoms with E-state index in [9.17, 15) is 4.79 Å². The Morgan fingerprint density at radius 3 is 2.54 bits per heavy atom. The lowest BCUT2D eigenvalue weighted by molar-refractivity contribution is 0.816. The first-order chi connectivity index (χ1) is 6.24. The van der Waals surface area contributed by atoms with E-state index in [0.29, 0.717) is 5.41 Å². The Balaban J connectivity index is 2.26. The van der Waals surface area contributed by atoms with E-state index in [-0.39, 0.29) is 5.43 Å². The summed E-state index contributed by atoms with van der Waals surface area (Å²) in [4.78, 5) is 11.9. The summed E-state index contributed by atoms with van der Waals surface area (Å²) in [5, 5.41) is 0. The summed E-state index contributed by atoms with van der Waals surface area (Å²) >= 11 is 0. The first-order valence-electron chi connectivity index (χ1n) is 4.84. The van der Waals surface area contributed by atoms with Gasteiger partial charge in [-0.25, -0.2) is 0 Å². The van der Waals surface area contributed by atoms with Crippen molar-refractivity contribution >= 4 is 0 Å². The van der Waals surface area contributed by atoms with Crippen molar-refractivity contribution < 1.29 is 0 Å².